The van der Waals surface area contributed by atoms with Crippen molar-refractivity contribution < 1.29 is 8.42 Å². The molecule has 0 fully saturated rings. The Balaban J connectivity index is 1.74. The fourth-order valence-corrected chi connectivity index (χ4v) is 3.40. The van der Waals surface area contributed by atoms with Gasteiger partial charge in [0.25, 0.3) is 0 Å². The fraction of sp³-hybridized carbons (Fsp3) is 0.467. The molecule has 2 aromatic heterocycles. The first-order valence-electron chi connectivity index (χ1n) is 7.52. The molecule has 3 rings (SSSR count). The van der Waals surface area contributed by atoms with E-state index in [1.54, 1.807) is 6.20 Å². The summed E-state index contributed by atoms with van der Waals surface area (Å²) in [4.78, 5) is 6.82. The van der Waals surface area contributed by atoms with Gasteiger partial charge in [-0.15, -0.1) is 0 Å². The molecule has 0 aromatic carbocycles. The highest BCUT2D eigenvalue weighted by Gasteiger charge is 2.26. The molecule has 0 bridgehead atoms. The van der Waals surface area contributed by atoms with Gasteiger partial charge in [0.05, 0.1) is 23.7 Å². The van der Waals surface area contributed by atoms with Crippen LogP contribution in [0.3, 0.4) is 0 Å². The Bertz CT molecular complexity index is 787. The van der Waals surface area contributed by atoms with E-state index in [-0.39, 0.29) is 6.04 Å². The van der Waals surface area contributed by atoms with Gasteiger partial charge in [0.1, 0.15) is 0 Å². The Kier molecular flexibility index (Phi) is 4.47. The average Bonchev–Trinajstić information content (AvgIpc) is 2.92. The summed E-state index contributed by atoms with van der Waals surface area (Å²) in [5.74, 6) is 0. The molecule has 7 nitrogen and oxygen atoms in total. The number of aryl methyl sites for hydroxylation is 1. The van der Waals surface area contributed by atoms with Crippen molar-refractivity contribution in [3.05, 3.63) is 47.5 Å². The van der Waals surface area contributed by atoms with Crippen LogP contribution in [0, 0.1) is 6.92 Å². The van der Waals surface area contributed by atoms with Crippen molar-refractivity contribution >= 4 is 10.0 Å². The Morgan fingerprint density at radius 3 is 2.91 bits per heavy atom. The van der Waals surface area contributed by atoms with Crippen LogP contribution in [0.4, 0.5) is 0 Å². The quantitative estimate of drug-likeness (QED) is 0.870. The lowest BCUT2D eigenvalue weighted by Crippen LogP contribution is -2.42. The maximum Gasteiger partial charge on any atom is 0.208 e. The lowest BCUT2D eigenvalue weighted by atomic mass is 10.2. The number of hydrogen-bond donors (Lipinski definition) is 1. The van der Waals surface area contributed by atoms with Crippen LogP contribution in [0.5, 0.6) is 0 Å². The number of hydrogen-bond acceptors (Lipinski definition) is 5. The number of aromatic nitrogens is 3. The van der Waals surface area contributed by atoms with Gasteiger partial charge in [0, 0.05) is 38.1 Å². The molecule has 124 valence electrons. The highest BCUT2D eigenvalue weighted by atomic mass is 32.2. The summed E-state index contributed by atoms with van der Waals surface area (Å²) < 4.78 is 27.2. The fourth-order valence-electron chi connectivity index (χ4n) is 2.90. The van der Waals surface area contributed by atoms with Gasteiger partial charge in [-0.3, -0.25) is 14.6 Å². The van der Waals surface area contributed by atoms with Crippen LogP contribution in [-0.2, 0) is 23.1 Å². The number of fused-ring (bicyclic) bond motifs is 1. The van der Waals surface area contributed by atoms with E-state index in [4.69, 9.17) is 0 Å². The van der Waals surface area contributed by atoms with Crippen molar-refractivity contribution in [3.8, 4) is 0 Å². The third-order valence-corrected chi connectivity index (χ3v) is 4.56. The Morgan fingerprint density at radius 1 is 1.35 bits per heavy atom. The predicted molar refractivity (Wildman–Crippen MR) is 87.2 cm³/mol. The zero-order valence-electron chi connectivity index (χ0n) is 13.3. The summed E-state index contributed by atoms with van der Waals surface area (Å²) >= 11 is 0. The second-order valence-corrected chi connectivity index (χ2v) is 7.81. The molecular weight excluding hydrogens is 314 g/mol. The topological polar surface area (TPSA) is 80.1 Å². The lowest BCUT2D eigenvalue weighted by Gasteiger charge is -2.33. The maximum absolute atomic E-state index is 11.4. The molecule has 3 heterocycles. The van der Waals surface area contributed by atoms with E-state index in [9.17, 15) is 8.42 Å². The average molecular weight is 335 g/mol. The van der Waals surface area contributed by atoms with E-state index >= 15 is 0 Å². The van der Waals surface area contributed by atoms with Crippen molar-refractivity contribution in [2.45, 2.75) is 26.1 Å². The Morgan fingerprint density at radius 2 is 2.17 bits per heavy atom. The highest BCUT2D eigenvalue weighted by Crippen LogP contribution is 2.21. The molecule has 8 heteroatoms. The SMILES string of the molecule is Cc1cccc(CN2Cc3ccnn3C(CNS(C)(=O)=O)C2)n1. The van der Waals surface area contributed by atoms with E-state index in [0.717, 1.165) is 36.7 Å². The zero-order chi connectivity index (χ0) is 16.4. The number of pyridine rings is 1. The van der Waals surface area contributed by atoms with Gasteiger partial charge < -0.3 is 0 Å². The minimum absolute atomic E-state index is 0.0201. The Hall–Kier alpha value is -1.77. The van der Waals surface area contributed by atoms with E-state index in [2.05, 4.69) is 19.7 Å². The monoisotopic (exact) mass is 335 g/mol. The molecule has 0 saturated carbocycles. The molecule has 0 saturated heterocycles. The summed E-state index contributed by atoms with van der Waals surface area (Å²) in [6.45, 7) is 4.57. The summed E-state index contributed by atoms with van der Waals surface area (Å²) in [7, 11) is -3.21. The van der Waals surface area contributed by atoms with Gasteiger partial charge in [0.15, 0.2) is 0 Å². The number of sulfonamides is 1. The first-order valence-corrected chi connectivity index (χ1v) is 9.42. The molecular formula is C15H21N5O2S. The molecule has 1 unspecified atom stereocenters. The summed E-state index contributed by atoms with van der Waals surface area (Å²) in [6.07, 6.45) is 2.94. The molecule has 23 heavy (non-hydrogen) atoms. The minimum Gasteiger partial charge on any atom is -0.290 e. The molecule has 0 amide bonds. The van der Waals surface area contributed by atoms with E-state index in [1.165, 1.54) is 6.26 Å². The molecule has 1 aliphatic rings. The first kappa shape index (κ1) is 16.1. The number of nitrogens with one attached hydrogen (secondary N) is 1. The number of nitrogens with zero attached hydrogens (tertiary/aromatic N) is 4. The van der Waals surface area contributed by atoms with Crippen molar-refractivity contribution in [1.29, 1.82) is 0 Å². The summed E-state index contributed by atoms with van der Waals surface area (Å²) in [5, 5.41) is 4.33. The lowest BCUT2D eigenvalue weighted by molar-refractivity contribution is 0.166. The van der Waals surface area contributed by atoms with Crippen LogP contribution in [0.15, 0.2) is 30.5 Å². The van der Waals surface area contributed by atoms with Gasteiger partial charge >= 0.3 is 0 Å². The van der Waals surface area contributed by atoms with Crippen LogP contribution in [0.25, 0.3) is 0 Å². The molecule has 1 aliphatic heterocycles. The van der Waals surface area contributed by atoms with Gasteiger partial charge in [-0.2, -0.15) is 5.10 Å². The van der Waals surface area contributed by atoms with Gasteiger partial charge in [-0.05, 0) is 25.1 Å². The third kappa shape index (κ3) is 4.15. The van der Waals surface area contributed by atoms with Crippen LogP contribution >= 0.6 is 0 Å². The molecule has 0 spiro atoms. The second kappa shape index (κ2) is 6.38. The summed E-state index contributed by atoms with van der Waals surface area (Å²) in [6, 6.07) is 7.96. The van der Waals surface area contributed by atoms with Crippen LogP contribution in [0.1, 0.15) is 23.1 Å². The molecule has 1 N–H and O–H groups in total. The van der Waals surface area contributed by atoms with Gasteiger partial charge in [0.2, 0.25) is 10.0 Å². The maximum atomic E-state index is 11.4. The molecule has 1 atom stereocenters. The van der Waals surface area contributed by atoms with E-state index < -0.39 is 10.0 Å². The molecule has 0 aliphatic carbocycles. The number of rotatable bonds is 5. The largest absolute Gasteiger partial charge is 0.290 e. The van der Waals surface area contributed by atoms with Gasteiger partial charge in [-0.1, -0.05) is 6.07 Å². The van der Waals surface area contributed by atoms with E-state index in [1.807, 2.05) is 35.9 Å². The highest BCUT2D eigenvalue weighted by molar-refractivity contribution is 7.88. The van der Waals surface area contributed by atoms with Crippen LogP contribution in [-0.4, -0.2) is 47.4 Å². The summed E-state index contributed by atoms with van der Waals surface area (Å²) in [5.41, 5.74) is 3.11. The van der Waals surface area contributed by atoms with Gasteiger partial charge in [-0.25, -0.2) is 13.1 Å². The normalized spacial score (nSPS) is 18.8. The first-order chi connectivity index (χ1) is 10.9. The molecule has 2 aromatic rings. The second-order valence-electron chi connectivity index (χ2n) is 5.98. The standard InChI is InChI=1S/C15H21N5O2S/c1-12-4-3-5-13(18-12)9-19-10-14-6-7-16-20(14)15(11-19)8-17-23(2,21)22/h3-7,15,17H,8-11H2,1-2H3. The Labute approximate surface area is 136 Å². The third-order valence-electron chi connectivity index (χ3n) is 3.87. The van der Waals surface area contributed by atoms with Crippen molar-refractivity contribution in [2.24, 2.45) is 0 Å². The molecule has 0 radical (unpaired) electrons. The van der Waals surface area contributed by atoms with Crippen LogP contribution < -0.4 is 4.72 Å². The van der Waals surface area contributed by atoms with E-state index in [0.29, 0.717) is 6.54 Å². The van der Waals surface area contributed by atoms with Crippen molar-refractivity contribution in [2.75, 3.05) is 19.3 Å². The minimum atomic E-state index is -3.21. The van der Waals surface area contributed by atoms with Crippen molar-refractivity contribution in [3.63, 3.8) is 0 Å². The van der Waals surface area contributed by atoms with Crippen molar-refractivity contribution in [1.82, 2.24) is 24.4 Å². The zero-order valence-corrected chi connectivity index (χ0v) is 14.1. The predicted octanol–water partition coefficient (Wildman–Crippen LogP) is 0.693. The smallest absolute Gasteiger partial charge is 0.208 e. The van der Waals surface area contributed by atoms with Crippen LogP contribution in [0.2, 0.25) is 0 Å².